The first-order chi connectivity index (χ1) is 8.38. The number of pyridine rings is 1. The van der Waals surface area contributed by atoms with Crippen molar-refractivity contribution in [3.8, 4) is 0 Å². The lowest BCUT2D eigenvalue weighted by Gasteiger charge is -2.29. The van der Waals surface area contributed by atoms with Crippen molar-refractivity contribution in [3.05, 3.63) is 30.1 Å². The van der Waals surface area contributed by atoms with E-state index >= 15 is 0 Å². The number of rotatable bonds is 5. The van der Waals surface area contributed by atoms with Gasteiger partial charge in [-0.3, -0.25) is 4.98 Å². The van der Waals surface area contributed by atoms with Crippen LogP contribution in [0.15, 0.2) is 24.5 Å². The first-order valence-corrected chi connectivity index (χ1v) is 6.62. The van der Waals surface area contributed by atoms with E-state index in [1.54, 1.807) is 0 Å². The maximum absolute atomic E-state index is 5.67. The minimum atomic E-state index is 0.460. The number of nitrogens with zero attached hydrogens (tertiary/aromatic N) is 1. The topological polar surface area (TPSA) is 34.2 Å². The smallest absolute Gasteiger partial charge is 0.0587 e. The van der Waals surface area contributed by atoms with Crippen molar-refractivity contribution in [2.24, 2.45) is 0 Å². The van der Waals surface area contributed by atoms with Crippen LogP contribution in [0.1, 0.15) is 31.7 Å². The molecule has 0 bridgehead atoms. The van der Waals surface area contributed by atoms with Gasteiger partial charge >= 0.3 is 0 Å². The molecule has 0 saturated carbocycles. The van der Waals surface area contributed by atoms with Crippen molar-refractivity contribution in [1.29, 1.82) is 0 Å². The van der Waals surface area contributed by atoms with Crippen molar-refractivity contribution in [3.63, 3.8) is 0 Å². The fourth-order valence-corrected chi connectivity index (χ4v) is 2.32. The molecule has 94 valence electrons. The van der Waals surface area contributed by atoms with E-state index in [1.165, 1.54) is 5.56 Å². The summed E-state index contributed by atoms with van der Waals surface area (Å²) >= 11 is 0. The molecule has 3 nitrogen and oxygen atoms in total. The maximum Gasteiger partial charge on any atom is 0.0587 e. The van der Waals surface area contributed by atoms with E-state index in [4.69, 9.17) is 4.74 Å². The summed E-state index contributed by atoms with van der Waals surface area (Å²) in [4.78, 5) is 4.03. The van der Waals surface area contributed by atoms with Gasteiger partial charge in [0.2, 0.25) is 0 Å². The second-order valence-corrected chi connectivity index (χ2v) is 4.68. The molecule has 0 radical (unpaired) electrons. The molecule has 3 heteroatoms. The summed E-state index contributed by atoms with van der Waals surface area (Å²) < 4.78 is 5.67. The lowest BCUT2D eigenvalue weighted by atomic mass is 10.0. The standard InChI is InChI=1S/C14H22N2O/c1-2-14-11-13(6-10-17-14)16-9-5-12-3-7-15-8-4-12/h3-4,7-8,13-14,16H,2,5-6,9-11H2,1H3. The molecular weight excluding hydrogens is 212 g/mol. The minimum Gasteiger partial charge on any atom is -0.378 e. The molecule has 1 saturated heterocycles. The summed E-state index contributed by atoms with van der Waals surface area (Å²) in [5, 5.41) is 3.63. The Morgan fingerprint density at radius 2 is 2.24 bits per heavy atom. The van der Waals surface area contributed by atoms with Gasteiger partial charge in [-0.05, 0) is 49.9 Å². The molecule has 2 rings (SSSR count). The Labute approximate surface area is 104 Å². The van der Waals surface area contributed by atoms with Crippen molar-refractivity contribution in [1.82, 2.24) is 10.3 Å². The zero-order chi connectivity index (χ0) is 11.9. The molecule has 1 aromatic rings. The molecule has 1 aromatic heterocycles. The van der Waals surface area contributed by atoms with Crippen LogP contribution in [0.3, 0.4) is 0 Å². The van der Waals surface area contributed by atoms with Gasteiger partial charge in [0.25, 0.3) is 0 Å². The molecule has 1 N–H and O–H groups in total. The molecule has 0 amide bonds. The van der Waals surface area contributed by atoms with Crippen LogP contribution in [0.2, 0.25) is 0 Å². The Hall–Kier alpha value is -0.930. The van der Waals surface area contributed by atoms with E-state index in [-0.39, 0.29) is 0 Å². The van der Waals surface area contributed by atoms with Gasteiger partial charge in [0, 0.05) is 25.0 Å². The Bertz CT molecular complexity index is 315. The van der Waals surface area contributed by atoms with Crippen LogP contribution in [0.5, 0.6) is 0 Å². The molecule has 2 unspecified atom stereocenters. The van der Waals surface area contributed by atoms with Crippen LogP contribution in [0.25, 0.3) is 0 Å². The first kappa shape index (κ1) is 12.5. The number of aromatic nitrogens is 1. The highest BCUT2D eigenvalue weighted by Gasteiger charge is 2.20. The normalized spacial score (nSPS) is 24.8. The number of hydrogen-bond acceptors (Lipinski definition) is 3. The average Bonchev–Trinajstić information content (AvgIpc) is 2.40. The van der Waals surface area contributed by atoms with Crippen LogP contribution in [0, 0.1) is 0 Å². The van der Waals surface area contributed by atoms with Crippen LogP contribution in [-0.2, 0) is 11.2 Å². The van der Waals surface area contributed by atoms with Gasteiger partial charge in [-0.25, -0.2) is 0 Å². The Morgan fingerprint density at radius 1 is 1.41 bits per heavy atom. The van der Waals surface area contributed by atoms with Crippen LogP contribution < -0.4 is 5.32 Å². The first-order valence-electron chi connectivity index (χ1n) is 6.62. The van der Waals surface area contributed by atoms with Crippen LogP contribution >= 0.6 is 0 Å². The van der Waals surface area contributed by atoms with Crippen molar-refractivity contribution in [2.45, 2.75) is 44.8 Å². The molecule has 2 heterocycles. The van der Waals surface area contributed by atoms with Gasteiger partial charge in [0.05, 0.1) is 6.10 Å². The molecule has 1 aliphatic heterocycles. The molecule has 1 fully saturated rings. The quantitative estimate of drug-likeness (QED) is 0.848. The average molecular weight is 234 g/mol. The van der Waals surface area contributed by atoms with E-state index in [1.807, 2.05) is 12.4 Å². The zero-order valence-corrected chi connectivity index (χ0v) is 10.6. The van der Waals surface area contributed by atoms with Crippen molar-refractivity contribution < 1.29 is 4.74 Å². The summed E-state index contributed by atoms with van der Waals surface area (Å²) in [5.74, 6) is 0. The third-order valence-corrected chi connectivity index (χ3v) is 3.42. The van der Waals surface area contributed by atoms with Crippen LogP contribution in [0.4, 0.5) is 0 Å². The largest absolute Gasteiger partial charge is 0.378 e. The van der Waals surface area contributed by atoms with Crippen LogP contribution in [-0.4, -0.2) is 30.3 Å². The van der Waals surface area contributed by atoms with Crippen molar-refractivity contribution in [2.75, 3.05) is 13.2 Å². The fraction of sp³-hybridized carbons (Fsp3) is 0.643. The molecular formula is C14H22N2O. The van der Waals surface area contributed by atoms with E-state index in [0.717, 1.165) is 38.8 Å². The molecule has 17 heavy (non-hydrogen) atoms. The summed E-state index contributed by atoms with van der Waals surface area (Å²) in [7, 11) is 0. The SMILES string of the molecule is CCC1CC(NCCc2ccncc2)CCO1. The minimum absolute atomic E-state index is 0.460. The van der Waals surface area contributed by atoms with E-state index < -0.39 is 0 Å². The highest BCUT2D eigenvalue weighted by Crippen LogP contribution is 2.16. The highest BCUT2D eigenvalue weighted by atomic mass is 16.5. The number of hydrogen-bond donors (Lipinski definition) is 1. The van der Waals surface area contributed by atoms with Gasteiger partial charge in [-0.1, -0.05) is 6.92 Å². The number of ether oxygens (including phenoxy) is 1. The summed E-state index contributed by atoms with van der Waals surface area (Å²) in [5.41, 5.74) is 1.35. The Balaban J connectivity index is 1.68. The van der Waals surface area contributed by atoms with Gasteiger partial charge in [0.1, 0.15) is 0 Å². The lowest BCUT2D eigenvalue weighted by molar-refractivity contribution is 0.000116. The fourth-order valence-electron chi connectivity index (χ4n) is 2.32. The maximum atomic E-state index is 5.67. The van der Waals surface area contributed by atoms with Gasteiger partial charge in [-0.15, -0.1) is 0 Å². The highest BCUT2D eigenvalue weighted by molar-refractivity contribution is 5.09. The predicted molar refractivity (Wildman–Crippen MR) is 69.0 cm³/mol. The van der Waals surface area contributed by atoms with Gasteiger partial charge in [0.15, 0.2) is 0 Å². The second kappa shape index (κ2) is 6.72. The predicted octanol–water partition coefficient (Wildman–Crippen LogP) is 2.17. The molecule has 2 atom stereocenters. The second-order valence-electron chi connectivity index (χ2n) is 4.68. The summed E-state index contributed by atoms with van der Waals surface area (Å²) in [6.07, 6.45) is 8.69. The monoisotopic (exact) mass is 234 g/mol. The Morgan fingerprint density at radius 3 is 3.00 bits per heavy atom. The lowest BCUT2D eigenvalue weighted by Crippen LogP contribution is -2.39. The van der Waals surface area contributed by atoms with E-state index in [0.29, 0.717) is 12.1 Å². The molecule has 1 aliphatic rings. The summed E-state index contributed by atoms with van der Waals surface area (Å²) in [6, 6.07) is 4.80. The van der Waals surface area contributed by atoms with E-state index in [2.05, 4.69) is 29.4 Å². The van der Waals surface area contributed by atoms with Gasteiger partial charge < -0.3 is 10.1 Å². The third kappa shape index (κ3) is 4.10. The Kier molecular flexibility index (Phi) is 4.95. The summed E-state index contributed by atoms with van der Waals surface area (Å²) in [6.45, 7) is 4.15. The van der Waals surface area contributed by atoms with E-state index in [9.17, 15) is 0 Å². The number of nitrogens with one attached hydrogen (secondary N) is 1. The van der Waals surface area contributed by atoms with Crippen molar-refractivity contribution >= 4 is 0 Å². The third-order valence-electron chi connectivity index (χ3n) is 3.42. The molecule has 0 spiro atoms. The molecule has 0 aliphatic carbocycles. The zero-order valence-electron chi connectivity index (χ0n) is 10.6. The van der Waals surface area contributed by atoms with Gasteiger partial charge in [-0.2, -0.15) is 0 Å². The molecule has 0 aromatic carbocycles.